The van der Waals surface area contributed by atoms with Gasteiger partial charge in [-0.2, -0.15) is 10.4 Å². The lowest BCUT2D eigenvalue weighted by Crippen LogP contribution is -2.42. The van der Waals surface area contributed by atoms with Gasteiger partial charge in [-0.05, 0) is 49.2 Å². The third-order valence-electron chi connectivity index (χ3n) is 6.08. The van der Waals surface area contributed by atoms with Crippen LogP contribution >= 0.6 is 0 Å². The first kappa shape index (κ1) is 21.8. The van der Waals surface area contributed by atoms with E-state index in [1.54, 1.807) is 12.3 Å². The SMILES string of the molecule is C=CC(O)N1CCC[C@@H](n2nc(-c3ccc(Oc4ccccc4)cc3C#N)c3cncnc32)C1. The lowest BCUT2D eigenvalue weighted by molar-refractivity contribution is 0.0127. The van der Waals surface area contributed by atoms with Crippen LogP contribution in [0.5, 0.6) is 11.5 Å². The van der Waals surface area contributed by atoms with Crippen LogP contribution in [0.1, 0.15) is 24.4 Å². The lowest BCUT2D eigenvalue weighted by Gasteiger charge is -2.34. The zero-order valence-electron chi connectivity index (χ0n) is 18.6. The van der Waals surface area contributed by atoms with Gasteiger partial charge in [-0.15, -0.1) is 0 Å². The van der Waals surface area contributed by atoms with Crippen LogP contribution in [0.2, 0.25) is 0 Å². The maximum absolute atomic E-state index is 10.2. The smallest absolute Gasteiger partial charge is 0.162 e. The van der Waals surface area contributed by atoms with Crippen LogP contribution in [0.15, 0.2) is 73.7 Å². The minimum atomic E-state index is -0.693. The molecular weight excluding hydrogens is 428 g/mol. The Morgan fingerprint density at radius 3 is 2.85 bits per heavy atom. The van der Waals surface area contributed by atoms with Crippen molar-refractivity contribution in [2.24, 2.45) is 0 Å². The van der Waals surface area contributed by atoms with Gasteiger partial charge in [0.1, 0.15) is 29.7 Å². The number of piperidine rings is 1. The minimum absolute atomic E-state index is 0.0284. The molecule has 1 fully saturated rings. The first-order chi connectivity index (χ1) is 16.7. The highest BCUT2D eigenvalue weighted by Gasteiger charge is 2.28. The molecule has 1 aliphatic heterocycles. The quantitative estimate of drug-likeness (QED) is 0.435. The van der Waals surface area contributed by atoms with Gasteiger partial charge in [-0.25, -0.2) is 14.6 Å². The summed E-state index contributed by atoms with van der Waals surface area (Å²) in [6.45, 7) is 5.13. The molecule has 0 amide bonds. The number of aromatic nitrogens is 4. The van der Waals surface area contributed by atoms with Crippen LogP contribution in [0.3, 0.4) is 0 Å². The Kier molecular flexibility index (Phi) is 6.04. The highest BCUT2D eigenvalue weighted by molar-refractivity contribution is 5.92. The van der Waals surface area contributed by atoms with E-state index in [9.17, 15) is 10.4 Å². The van der Waals surface area contributed by atoms with Crippen molar-refractivity contribution >= 4 is 11.0 Å². The lowest BCUT2D eigenvalue weighted by atomic mass is 10.0. The zero-order valence-corrected chi connectivity index (χ0v) is 18.6. The number of para-hydroxylation sites is 1. The number of aliphatic hydroxyl groups is 1. The van der Waals surface area contributed by atoms with Crippen LogP contribution in [0.25, 0.3) is 22.3 Å². The highest BCUT2D eigenvalue weighted by Crippen LogP contribution is 2.35. The van der Waals surface area contributed by atoms with Gasteiger partial charge in [0.15, 0.2) is 5.65 Å². The Hall–Kier alpha value is -4.06. The molecule has 1 aliphatic rings. The van der Waals surface area contributed by atoms with Gasteiger partial charge in [-0.3, -0.25) is 4.90 Å². The Labute approximate surface area is 197 Å². The fourth-order valence-corrected chi connectivity index (χ4v) is 4.42. The third-order valence-corrected chi connectivity index (χ3v) is 6.08. The van der Waals surface area contributed by atoms with Crippen molar-refractivity contribution in [3.63, 3.8) is 0 Å². The van der Waals surface area contributed by atoms with E-state index in [1.165, 1.54) is 12.4 Å². The molecule has 0 spiro atoms. The molecule has 0 aliphatic carbocycles. The van der Waals surface area contributed by atoms with Crippen molar-refractivity contribution in [1.29, 1.82) is 5.26 Å². The molecule has 2 atom stereocenters. The molecule has 1 saturated heterocycles. The van der Waals surface area contributed by atoms with Gasteiger partial charge in [0.25, 0.3) is 0 Å². The average molecular weight is 453 g/mol. The normalized spacial score (nSPS) is 17.2. The van der Waals surface area contributed by atoms with Crippen molar-refractivity contribution in [1.82, 2.24) is 24.6 Å². The topological polar surface area (TPSA) is 100 Å². The van der Waals surface area contributed by atoms with E-state index in [4.69, 9.17) is 9.84 Å². The number of nitriles is 1. The number of ether oxygens (including phenoxy) is 1. The maximum atomic E-state index is 10.2. The summed E-state index contributed by atoms with van der Waals surface area (Å²) in [6, 6.07) is 17.2. The van der Waals surface area contributed by atoms with E-state index in [1.807, 2.05) is 52.0 Å². The summed E-state index contributed by atoms with van der Waals surface area (Å²) in [5.41, 5.74) is 2.51. The standard InChI is InChI=1S/C26H24N6O2/c1-2-24(33)31-12-6-7-19(16-31)32-26-23(15-28-17-29-26)25(30-32)22-11-10-21(13-18(22)14-27)34-20-8-4-3-5-9-20/h2-5,8-11,13,15,17,19,24,33H,1,6-7,12,16H2/t19-,24?/m1/s1. The second-order valence-electron chi connectivity index (χ2n) is 8.23. The number of nitrogens with zero attached hydrogens (tertiary/aromatic N) is 6. The molecule has 3 heterocycles. The van der Waals surface area contributed by atoms with Gasteiger partial charge >= 0.3 is 0 Å². The summed E-state index contributed by atoms with van der Waals surface area (Å²) in [5.74, 6) is 1.28. The van der Waals surface area contributed by atoms with E-state index in [2.05, 4.69) is 22.6 Å². The number of hydrogen-bond donors (Lipinski definition) is 1. The Balaban J connectivity index is 1.53. The van der Waals surface area contributed by atoms with Crippen molar-refractivity contribution in [2.45, 2.75) is 25.1 Å². The Morgan fingerprint density at radius 2 is 2.06 bits per heavy atom. The summed E-state index contributed by atoms with van der Waals surface area (Å²) in [7, 11) is 0. The summed E-state index contributed by atoms with van der Waals surface area (Å²) in [5, 5.41) is 25.8. The Morgan fingerprint density at radius 1 is 1.21 bits per heavy atom. The molecule has 5 rings (SSSR count). The van der Waals surface area contributed by atoms with E-state index < -0.39 is 6.23 Å². The molecule has 1 N–H and O–H groups in total. The van der Waals surface area contributed by atoms with Crippen molar-refractivity contribution in [3.05, 3.63) is 79.3 Å². The van der Waals surface area contributed by atoms with Crippen LogP contribution < -0.4 is 4.74 Å². The van der Waals surface area contributed by atoms with Gasteiger partial charge in [0, 0.05) is 24.8 Å². The summed E-state index contributed by atoms with van der Waals surface area (Å²) in [6.07, 6.45) is 5.92. The van der Waals surface area contributed by atoms with E-state index in [-0.39, 0.29) is 6.04 Å². The molecule has 170 valence electrons. The fourth-order valence-electron chi connectivity index (χ4n) is 4.42. The monoisotopic (exact) mass is 452 g/mol. The predicted molar refractivity (Wildman–Crippen MR) is 128 cm³/mol. The van der Waals surface area contributed by atoms with Crippen LogP contribution in [0, 0.1) is 11.3 Å². The molecule has 34 heavy (non-hydrogen) atoms. The first-order valence-corrected chi connectivity index (χ1v) is 11.2. The fraction of sp³-hybridized carbons (Fsp3) is 0.231. The second kappa shape index (κ2) is 9.43. The van der Waals surface area contributed by atoms with Gasteiger partial charge < -0.3 is 9.84 Å². The van der Waals surface area contributed by atoms with Crippen molar-refractivity contribution in [3.8, 4) is 28.8 Å². The highest BCUT2D eigenvalue weighted by atomic mass is 16.5. The molecule has 0 radical (unpaired) electrons. The summed E-state index contributed by atoms with van der Waals surface area (Å²) < 4.78 is 7.81. The molecule has 0 bridgehead atoms. The summed E-state index contributed by atoms with van der Waals surface area (Å²) >= 11 is 0. The molecule has 4 aromatic rings. The molecule has 8 nitrogen and oxygen atoms in total. The largest absolute Gasteiger partial charge is 0.457 e. The first-order valence-electron chi connectivity index (χ1n) is 11.2. The number of aliphatic hydroxyl groups excluding tert-OH is 1. The van der Waals surface area contributed by atoms with Crippen LogP contribution in [-0.2, 0) is 0 Å². The minimum Gasteiger partial charge on any atom is -0.457 e. The number of rotatable bonds is 6. The molecule has 1 unspecified atom stereocenters. The van der Waals surface area contributed by atoms with Gasteiger partial charge in [-0.1, -0.05) is 24.8 Å². The molecule has 2 aromatic carbocycles. The third kappa shape index (κ3) is 4.15. The molecular formula is C26H24N6O2. The van der Waals surface area contributed by atoms with Crippen LogP contribution in [0.4, 0.5) is 0 Å². The average Bonchev–Trinajstić information content (AvgIpc) is 3.28. The van der Waals surface area contributed by atoms with E-state index >= 15 is 0 Å². The molecule has 2 aromatic heterocycles. The second-order valence-corrected chi connectivity index (χ2v) is 8.23. The molecule has 8 heteroatoms. The molecule has 0 saturated carbocycles. The van der Waals surface area contributed by atoms with E-state index in [0.29, 0.717) is 40.5 Å². The number of fused-ring (bicyclic) bond motifs is 1. The van der Waals surface area contributed by atoms with Crippen molar-refractivity contribution < 1.29 is 9.84 Å². The maximum Gasteiger partial charge on any atom is 0.162 e. The van der Waals surface area contributed by atoms with Crippen LogP contribution in [-0.4, -0.2) is 49.1 Å². The Bertz CT molecular complexity index is 1360. The predicted octanol–water partition coefficient (Wildman–Crippen LogP) is 4.30. The van der Waals surface area contributed by atoms with Gasteiger partial charge in [0.05, 0.1) is 23.1 Å². The number of hydrogen-bond acceptors (Lipinski definition) is 7. The van der Waals surface area contributed by atoms with Crippen molar-refractivity contribution in [2.75, 3.05) is 13.1 Å². The number of benzene rings is 2. The van der Waals surface area contributed by atoms with E-state index in [0.717, 1.165) is 24.8 Å². The van der Waals surface area contributed by atoms with Gasteiger partial charge in [0.2, 0.25) is 0 Å². The zero-order chi connectivity index (χ0) is 23.5. The summed E-state index contributed by atoms with van der Waals surface area (Å²) in [4.78, 5) is 10.7. The number of likely N-dealkylation sites (tertiary alicyclic amines) is 1.